The topological polar surface area (TPSA) is 89.1 Å². The first-order chi connectivity index (χ1) is 11.7. The number of hydrogen-bond donors (Lipinski definition) is 1. The van der Waals surface area contributed by atoms with E-state index in [1.54, 1.807) is 18.0 Å². The number of nitrogens with zero attached hydrogens (tertiary/aromatic N) is 5. The van der Waals surface area contributed by atoms with Gasteiger partial charge < -0.3 is 9.73 Å². The molecule has 0 fully saturated rings. The zero-order valence-corrected chi connectivity index (χ0v) is 15.1. The van der Waals surface area contributed by atoms with Crippen molar-refractivity contribution in [2.24, 2.45) is 7.05 Å². The average molecular weight is 352 g/mol. The number of tetrazole rings is 1. The van der Waals surface area contributed by atoms with Gasteiger partial charge in [0.15, 0.2) is 0 Å². The van der Waals surface area contributed by atoms with Gasteiger partial charge >= 0.3 is 0 Å². The molecule has 0 spiro atoms. The summed E-state index contributed by atoms with van der Waals surface area (Å²) in [5.74, 6) is 1.52. The molecule has 0 aromatic carbocycles. The summed E-state index contributed by atoms with van der Waals surface area (Å²) in [5.41, 5.74) is 0. The normalized spacial score (nSPS) is 12.5. The minimum atomic E-state index is 0.0151. The summed E-state index contributed by atoms with van der Waals surface area (Å²) in [6.07, 6.45) is 2.08. The Bertz CT molecular complexity index is 611. The Morgan fingerprint density at radius 1 is 1.46 bits per heavy atom. The fourth-order valence-electron chi connectivity index (χ4n) is 2.43. The quantitative estimate of drug-likeness (QED) is 0.648. The Morgan fingerprint density at radius 2 is 2.25 bits per heavy atom. The predicted molar refractivity (Wildman–Crippen MR) is 91.5 cm³/mol. The van der Waals surface area contributed by atoms with Crippen molar-refractivity contribution < 1.29 is 9.21 Å². The molecule has 1 atom stereocenters. The van der Waals surface area contributed by atoms with E-state index in [0.29, 0.717) is 23.9 Å². The maximum atomic E-state index is 12.1. The van der Waals surface area contributed by atoms with Crippen LogP contribution in [0.1, 0.15) is 32.1 Å². The van der Waals surface area contributed by atoms with Crippen molar-refractivity contribution in [2.75, 3.05) is 25.4 Å². The molecule has 132 valence electrons. The second-order valence-corrected chi connectivity index (χ2v) is 6.30. The van der Waals surface area contributed by atoms with Crippen LogP contribution < -0.4 is 5.32 Å². The Labute approximate surface area is 146 Å². The summed E-state index contributed by atoms with van der Waals surface area (Å²) < 4.78 is 7.13. The summed E-state index contributed by atoms with van der Waals surface area (Å²) in [6.45, 7) is 6.53. The lowest BCUT2D eigenvalue weighted by molar-refractivity contribution is -0.120. The predicted octanol–water partition coefficient (Wildman–Crippen LogP) is 1.48. The van der Waals surface area contributed by atoms with Gasteiger partial charge in [-0.05, 0) is 35.6 Å². The number of hydrogen-bond acceptors (Lipinski definition) is 7. The second kappa shape index (κ2) is 9.43. The van der Waals surface area contributed by atoms with Crippen molar-refractivity contribution in [3.05, 3.63) is 24.2 Å². The number of thioether (sulfide) groups is 1. The molecular formula is C15H24N6O2S. The third-order valence-electron chi connectivity index (χ3n) is 3.76. The smallest absolute Gasteiger partial charge is 0.220 e. The number of carbonyl (C=O) groups is 1. The molecule has 2 aromatic rings. The summed E-state index contributed by atoms with van der Waals surface area (Å²) >= 11 is 1.47. The third kappa shape index (κ3) is 5.07. The fraction of sp³-hybridized carbons (Fsp3) is 0.600. The highest BCUT2D eigenvalue weighted by atomic mass is 32.2. The van der Waals surface area contributed by atoms with Gasteiger partial charge in [-0.3, -0.25) is 9.69 Å². The van der Waals surface area contributed by atoms with Crippen LogP contribution in [0.5, 0.6) is 0 Å². The Kier molecular flexibility index (Phi) is 7.26. The van der Waals surface area contributed by atoms with Crippen molar-refractivity contribution in [1.82, 2.24) is 30.4 Å². The molecule has 1 N–H and O–H groups in total. The number of furan rings is 1. The van der Waals surface area contributed by atoms with Crippen molar-refractivity contribution in [3.8, 4) is 0 Å². The van der Waals surface area contributed by atoms with Crippen molar-refractivity contribution in [3.63, 3.8) is 0 Å². The van der Waals surface area contributed by atoms with Crippen LogP contribution in [0.25, 0.3) is 0 Å². The lowest BCUT2D eigenvalue weighted by Gasteiger charge is -2.28. The number of nitrogens with one attached hydrogen (secondary N) is 1. The first kappa shape index (κ1) is 18.5. The van der Waals surface area contributed by atoms with E-state index in [1.165, 1.54) is 11.8 Å². The molecule has 9 heteroatoms. The van der Waals surface area contributed by atoms with Crippen molar-refractivity contribution >= 4 is 17.7 Å². The highest BCUT2D eigenvalue weighted by molar-refractivity contribution is 7.99. The highest BCUT2D eigenvalue weighted by Gasteiger charge is 2.21. The Hall–Kier alpha value is -1.87. The molecule has 0 radical (unpaired) electrons. The minimum Gasteiger partial charge on any atom is -0.468 e. The van der Waals surface area contributed by atoms with Gasteiger partial charge in [-0.1, -0.05) is 25.6 Å². The van der Waals surface area contributed by atoms with Crippen LogP contribution in [0.15, 0.2) is 28.0 Å². The first-order valence-corrected chi connectivity index (χ1v) is 9.03. The first-order valence-electron chi connectivity index (χ1n) is 8.05. The molecule has 0 saturated carbocycles. The van der Waals surface area contributed by atoms with Crippen LogP contribution in [-0.4, -0.2) is 56.4 Å². The van der Waals surface area contributed by atoms with E-state index in [4.69, 9.17) is 4.42 Å². The molecular weight excluding hydrogens is 328 g/mol. The van der Waals surface area contributed by atoms with Gasteiger partial charge in [-0.15, -0.1) is 5.10 Å². The van der Waals surface area contributed by atoms with Crippen LogP contribution in [0.4, 0.5) is 0 Å². The van der Waals surface area contributed by atoms with Crippen LogP contribution in [0, 0.1) is 0 Å². The number of amides is 1. The highest BCUT2D eigenvalue weighted by Crippen LogP contribution is 2.20. The molecule has 0 aliphatic rings. The van der Waals surface area contributed by atoms with E-state index >= 15 is 0 Å². The summed E-state index contributed by atoms with van der Waals surface area (Å²) in [5, 5.41) is 14.9. The van der Waals surface area contributed by atoms with Crippen LogP contribution >= 0.6 is 11.8 Å². The molecule has 0 saturated heterocycles. The summed E-state index contributed by atoms with van der Waals surface area (Å²) in [4.78, 5) is 14.4. The van der Waals surface area contributed by atoms with Crippen LogP contribution in [0.2, 0.25) is 0 Å². The summed E-state index contributed by atoms with van der Waals surface area (Å²) in [7, 11) is 1.78. The van der Waals surface area contributed by atoms with E-state index in [1.807, 2.05) is 12.1 Å². The van der Waals surface area contributed by atoms with Crippen molar-refractivity contribution in [1.29, 1.82) is 0 Å². The number of likely N-dealkylation sites (N-methyl/N-ethyl adjacent to an activating group) is 1. The van der Waals surface area contributed by atoms with E-state index < -0.39 is 0 Å². The fourth-order valence-corrected chi connectivity index (χ4v) is 3.22. The van der Waals surface area contributed by atoms with Crippen LogP contribution in [-0.2, 0) is 11.8 Å². The van der Waals surface area contributed by atoms with Gasteiger partial charge in [0.1, 0.15) is 5.76 Å². The number of carbonyl (C=O) groups excluding carboxylic acids is 1. The van der Waals surface area contributed by atoms with Crippen LogP contribution in [0.3, 0.4) is 0 Å². The largest absolute Gasteiger partial charge is 0.468 e. The van der Waals surface area contributed by atoms with Gasteiger partial charge in [0, 0.05) is 25.8 Å². The SMILES string of the molecule is CCN(CC)C(CNC(=O)CCSc1nnnn1C)c1ccco1. The number of aromatic nitrogens is 4. The van der Waals surface area contributed by atoms with E-state index in [0.717, 1.165) is 18.8 Å². The number of aryl methyl sites for hydroxylation is 1. The van der Waals surface area contributed by atoms with Gasteiger partial charge in [-0.25, -0.2) is 4.68 Å². The lowest BCUT2D eigenvalue weighted by atomic mass is 10.2. The molecule has 24 heavy (non-hydrogen) atoms. The molecule has 1 unspecified atom stereocenters. The molecule has 1 amide bonds. The average Bonchev–Trinajstić information content (AvgIpc) is 3.24. The summed E-state index contributed by atoms with van der Waals surface area (Å²) in [6, 6.07) is 3.88. The standard InChI is InChI=1S/C15H24N6O2S/c1-4-21(5-2)12(13-7-6-9-23-13)11-16-14(22)8-10-24-15-17-18-19-20(15)3/h6-7,9,12H,4-5,8,10-11H2,1-3H3,(H,16,22). The lowest BCUT2D eigenvalue weighted by Crippen LogP contribution is -2.38. The monoisotopic (exact) mass is 352 g/mol. The second-order valence-electron chi connectivity index (χ2n) is 5.24. The Morgan fingerprint density at radius 3 is 2.83 bits per heavy atom. The third-order valence-corrected chi connectivity index (χ3v) is 4.77. The van der Waals surface area contributed by atoms with Crippen molar-refractivity contribution in [2.45, 2.75) is 31.5 Å². The van der Waals surface area contributed by atoms with Gasteiger partial charge in [-0.2, -0.15) is 0 Å². The van der Waals surface area contributed by atoms with Gasteiger partial charge in [0.05, 0.1) is 12.3 Å². The van der Waals surface area contributed by atoms with Gasteiger partial charge in [0.25, 0.3) is 0 Å². The maximum absolute atomic E-state index is 12.1. The molecule has 8 nitrogen and oxygen atoms in total. The maximum Gasteiger partial charge on any atom is 0.220 e. The van der Waals surface area contributed by atoms with Gasteiger partial charge in [0.2, 0.25) is 11.1 Å². The molecule has 2 aromatic heterocycles. The molecule has 2 heterocycles. The zero-order valence-electron chi connectivity index (χ0n) is 14.3. The molecule has 0 aliphatic heterocycles. The molecule has 0 aliphatic carbocycles. The van der Waals surface area contributed by atoms with E-state index in [-0.39, 0.29) is 11.9 Å². The van der Waals surface area contributed by atoms with E-state index in [2.05, 4.69) is 39.6 Å². The number of rotatable bonds is 10. The zero-order chi connectivity index (χ0) is 17.4. The van der Waals surface area contributed by atoms with E-state index in [9.17, 15) is 4.79 Å². The minimum absolute atomic E-state index is 0.0151. The Balaban J connectivity index is 1.80. The molecule has 0 bridgehead atoms. The molecule has 2 rings (SSSR count).